The predicted molar refractivity (Wildman–Crippen MR) is 65.5 cm³/mol. The van der Waals surface area contributed by atoms with E-state index < -0.39 is 0 Å². The van der Waals surface area contributed by atoms with Crippen molar-refractivity contribution in [1.82, 2.24) is 0 Å². The summed E-state index contributed by atoms with van der Waals surface area (Å²) in [5.74, 6) is -0.677. The van der Waals surface area contributed by atoms with Crippen LogP contribution < -0.4 is 0 Å². The third kappa shape index (κ3) is 2.61. The highest BCUT2D eigenvalue weighted by molar-refractivity contribution is 5.81. The molecule has 0 heterocycles. The van der Waals surface area contributed by atoms with E-state index in [9.17, 15) is 8.78 Å². The topological polar surface area (TPSA) is 23.8 Å². The first-order valence-electron chi connectivity index (χ1n) is 5.32. The summed E-state index contributed by atoms with van der Waals surface area (Å²) in [6.07, 6.45) is 1.36. The van der Waals surface area contributed by atoms with Gasteiger partial charge >= 0.3 is 0 Å². The van der Waals surface area contributed by atoms with Crippen molar-refractivity contribution in [2.75, 3.05) is 0 Å². The van der Waals surface area contributed by atoms with Crippen LogP contribution in [0.2, 0.25) is 0 Å². The molecule has 0 aromatic heterocycles. The van der Waals surface area contributed by atoms with E-state index in [-0.39, 0.29) is 11.6 Å². The van der Waals surface area contributed by atoms with Gasteiger partial charge in [0.05, 0.1) is 6.07 Å². The van der Waals surface area contributed by atoms with Crippen molar-refractivity contribution >= 4 is 5.57 Å². The van der Waals surface area contributed by atoms with Crippen LogP contribution >= 0.6 is 0 Å². The monoisotopic (exact) mass is 241 g/mol. The molecule has 1 nitrogen and oxygen atoms in total. The van der Waals surface area contributed by atoms with E-state index in [1.165, 1.54) is 30.3 Å². The van der Waals surface area contributed by atoms with Gasteiger partial charge in [-0.05, 0) is 41.0 Å². The molecule has 2 aromatic rings. The predicted octanol–water partition coefficient (Wildman–Crippen LogP) is 3.92. The van der Waals surface area contributed by atoms with Crippen LogP contribution in [0.1, 0.15) is 11.1 Å². The molecule has 0 N–H and O–H groups in total. The van der Waals surface area contributed by atoms with Gasteiger partial charge in [0.1, 0.15) is 11.6 Å². The highest BCUT2D eigenvalue weighted by atomic mass is 19.1. The molecular weight excluding hydrogens is 232 g/mol. The molecule has 18 heavy (non-hydrogen) atoms. The average molecular weight is 241 g/mol. The molecule has 0 bridgehead atoms. The number of hydrogen-bond donors (Lipinski definition) is 0. The Morgan fingerprint density at radius 2 is 1.22 bits per heavy atom. The van der Waals surface area contributed by atoms with Gasteiger partial charge in [-0.2, -0.15) is 5.26 Å². The molecule has 0 unspecified atom stereocenters. The SMILES string of the molecule is N#CC=C(c1ccc(F)cc1)c1ccc(F)cc1. The van der Waals surface area contributed by atoms with Gasteiger partial charge in [0.15, 0.2) is 0 Å². The van der Waals surface area contributed by atoms with Crippen molar-refractivity contribution in [3.8, 4) is 6.07 Å². The van der Waals surface area contributed by atoms with Crippen LogP contribution in [0, 0.1) is 23.0 Å². The highest BCUT2D eigenvalue weighted by Crippen LogP contribution is 2.23. The molecule has 0 saturated heterocycles. The number of hydrogen-bond acceptors (Lipinski definition) is 1. The Labute approximate surface area is 104 Å². The van der Waals surface area contributed by atoms with E-state index in [4.69, 9.17) is 5.26 Å². The number of benzene rings is 2. The Balaban J connectivity index is 2.47. The molecule has 0 fully saturated rings. The van der Waals surface area contributed by atoms with Gasteiger partial charge in [0, 0.05) is 6.08 Å². The molecule has 0 amide bonds. The average Bonchev–Trinajstić information content (AvgIpc) is 2.39. The molecule has 0 radical (unpaired) electrons. The first-order chi connectivity index (χ1) is 8.70. The Morgan fingerprint density at radius 1 is 0.833 bits per heavy atom. The second-order valence-electron chi connectivity index (χ2n) is 3.70. The summed E-state index contributed by atoms with van der Waals surface area (Å²) in [5.41, 5.74) is 2.06. The van der Waals surface area contributed by atoms with Crippen molar-refractivity contribution in [1.29, 1.82) is 5.26 Å². The lowest BCUT2D eigenvalue weighted by Crippen LogP contribution is -1.89. The summed E-state index contributed by atoms with van der Waals surface area (Å²) in [4.78, 5) is 0. The molecular formula is C15H9F2N. The molecule has 0 spiro atoms. The zero-order valence-electron chi connectivity index (χ0n) is 9.40. The lowest BCUT2D eigenvalue weighted by Gasteiger charge is -2.06. The number of halogens is 2. The van der Waals surface area contributed by atoms with Crippen LogP contribution in [0.25, 0.3) is 5.57 Å². The van der Waals surface area contributed by atoms with Crippen LogP contribution in [0.3, 0.4) is 0 Å². The molecule has 88 valence electrons. The smallest absolute Gasteiger partial charge is 0.123 e. The summed E-state index contributed by atoms with van der Waals surface area (Å²) >= 11 is 0. The molecule has 0 atom stereocenters. The van der Waals surface area contributed by atoms with Crippen molar-refractivity contribution < 1.29 is 8.78 Å². The minimum atomic E-state index is -0.339. The fourth-order valence-corrected chi connectivity index (χ4v) is 1.66. The third-order valence-corrected chi connectivity index (χ3v) is 2.52. The lowest BCUT2D eigenvalue weighted by atomic mass is 9.98. The Morgan fingerprint density at radius 3 is 1.56 bits per heavy atom. The summed E-state index contributed by atoms with van der Waals surface area (Å²) < 4.78 is 25.7. The van der Waals surface area contributed by atoms with E-state index in [2.05, 4.69) is 0 Å². The van der Waals surface area contributed by atoms with Crippen LogP contribution in [0.5, 0.6) is 0 Å². The summed E-state index contributed by atoms with van der Waals surface area (Å²) in [7, 11) is 0. The van der Waals surface area contributed by atoms with Gasteiger partial charge in [-0.25, -0.2) is 8.78 Å². The fourth-order valence-electron chi connectivity index (χ4n) is 1.66. The zero-order chi connectivity index (χ0) is 13.0. The Bertz CT molecular complexity index is 557. The summed E-state index contributed by atoms with van der Waals surface area (Å²) in [5, 5.41) is 8.79. The molecule has 0 aliphatic rings. The highest BCUT2D eigenvalue weighted by Gasteiger charge is 2.05. The molecule has 2 rings (SSSR count). The van der Waals surface area contributed by atoms with Gasteiger partial charge < -0.3 is 0 Å². The van der Waals surface area contributed by atoms with Gasteiger partial charge in [-0.1, -0.05) is 24.3 Å². The molecule has 0 aliphatic heterocycles. The normalized spacial score (nSPS) is 9.61. The van der Waals surface area contributed by atoms with E-state index in [0.29, 0.717) is 16.7 Å². The zero-order valence-corrected chi connectivity index (χ0v) is 9.40. The van der Waals surface area contributed by atoms with Crippen LogP contribution in [-0.2, 0) is 0 Å². The quantitative estimate of drug-likeness (QED) is 0.731. The molecule has 0 aliphatic carbocycles. The summed E-state index contributed by atoms with van der Waals surface area (Å²) in [6, 6.07) is 13.6. The molecule has 0 saturated carbocycles. The second-order valence-corrected chi connectivity index (χ2v) is 3.70. The number of nitrogens with zero attached hydrogens (tertiary/aromatic N) is 1. The fraction of sp³-hybridized carbons (Fsp3) is 0. The number of rotatable bonds is 2. The van der Waals surface area contributed by atoms with E-state index in [1.54, 1.807) is 24.3 Å². The van der Waals surface area contributed by atoms with Gasteiger partial charge in [0.2, 0.25) is 0 Å². The van der Waals surface area contributed by atoms with E-state index >= 15 is 0 Å². The maximum absolute atomic E-state index is 12.9. The Hall–Kier alpha value is -2.47. The number of allylic oxidation sites excluding steroid dienone is 1. The third-order valence-electron chi connectivity index (χ3n) is 2.52. The first kappa shape index (κ1) is 12.0. The van der Waals surface area contributed by atoms with Crippen molar-refractivity contribution in [3.05, 3.63) is 77.4 Å². The second kappa shape index (κ2) is 5.24. The van der Waals surface area contributed by atoms with Gasteiger partial charge in [-0.15, -0.1) is 0 Å². The van der Waals surface area contributed by atoms with Crippen molar-refractivity contribution in [2.45, 2.75) is 0 Å². The minimum absolute atomic E-state index is 0.339. The standard InChI is InChI=1S/C15H9F2N/c16-13-5-1-11(2-6-13)15(9-10-18)12-3-7-14(17)8-4-12/h1-9H. The maximum Gasteiger partial charge on any atom is 0.123 e. The van der Waals surface area contributed by atoms with Gasteiger partial charge in [0.25, 0.3) is 0 Å². The minimum Gasteiger partial charge on any atom is -0.207 e. The van der Waals surface area contributed by atoms with Crippen molar-refractivity contribution in [3.63, 3.8) is 0 Å². The first-order valence-corrected chi connectivity index (χ1v) is 5.32. The Kier molecular flexibility index (Phi) is 3.49. The van der Waals surface area contributed by atoms with Crippen LogP contribution in [-0.4, -0.2) is 0 Å². The van der Waals surface area contributed by atoms with Crippen LogP contribution in [0.15, 0.2) is 54.6 Å². The van der Waals surface area contributed by atoms with Gasteiger partial charge in [-0.3, -0.25) is 0 Å². The molecule has 2 aromatic carbocycles. The molecule has 3 heteroatoms. The lowest BCUT2D eigenvalue weighted by molar-refractivity contribution is 0.627. The van der Waals surface area contributed by atoms with E-state index in [0.717, 1.165) is 0 Å². The maximum atomic E-state index is 12.9. The van der Waals surface area contributed by atoms with Crippen LogP contribution in [0.4, 0.5) is 8.78 Å². The van der Waals surface area contributed by atoms with Crippen molar-refractivity contribution in [2.24, 2.45) is 0 Å². The summed E-state index contributed by atoms with van der Waals surface area (Å²) in [6.45, 7) is 0. The largest absolute Gasteiger partial charge is 0.207 e. The van der Waals surface area contributed by atoms with E-state index in [1.807, 2.05) is 6.07 Å². The number of nitriles is 1.